The predicted molar refractivity (Wildman–Crippen MR) is 88.1 cm³/mol. The quantitative estimate of drug-likeness (QED) is 0.830. The van der Waals surface area contributed by atoms with Crippen LogP contribution in [-0.2, 0) is 16.1 Å². The SMILES string of the molecule is CC(=O)N(Cc1ccccc1)c1ccc(SCC(=O)O)cc1. The second kappa shape index (κ2) is 7.66. The summed E-state index contributed by atoms with van der Waals surface area (Å²) in [5.74, 6) is -0.849. The van der Waals surface area contributed by atoms with Crippen molar-refractivity contribution in [2.24, 2.45) is 0 Å². The number of amides is 1. The van der Waals surface area contributed by atoms with E-state index in [-0.39, 0.29) is 11.7 Å². The normalized spacial score (nSPS) is 10.2. The maximum absolute atomic E-state index is 11.9. The topological polar surface area (TPSA) is 57.6 Å². The molecule has 0 aliphatic heterocycles. The molecule has 2 rings (SSSR count). The molecule has 0 fully saturated rings. The molecule has 114 valence electrons. The van der Waals surface area contributed by atoms with Crippen LogP contribution >= 0.6 is 11.8 Å². The van der Waals surface area contributed by atoms with Gasteiger partial charge in [-0.3, -0.25) is 9.59 Å². The summed E-state index contributed by atoms with van der Waals surface area (Å²) in [5, 5.41) is 8.68. The molecular formula is C17H17NO3S. The van der Waals surface area contributed by atoms with Crippen molar-refractivity contribution in [2.45, 2.75) is 18.4 Å². The van der Waals surface area contributed by atoms with Crippen LogP contribution in [0.2, 0.25) is 0 Å². The number of hydrogen-bond donors (Lipinski definition) is 1. The number of carboxylic acids is 1. The fourth-order valence-corrected chi connectivity index (χ4v) is 2.64. The molecule has 5 heteroatoms. The minimum absolute atomic E-state index is 0.0276. The molecule has 1 N–H and O–H groups in total. The van der Waals surface area contributed by atoms with Gasteiger partial charge in [-0.05, 0) is 29.8 Å². The van der Waals surface area contributed by atoms with Gasteiger partial charge in [0.05, 0.1) is 12.3 Å². The molecule has 0 bridgehead atoms. The lowest BCUT2D eigenvalue weighted by atomic mass is 10.2. The smallest absolute Gasteiger partial charge is 0.313 e. The number of hydrogen-bond acceptors (Lipinski definition) is 3. The van der Waals surface area contributed by atoms with Crippen LogP contribution in [0.5, 0.6) is 0 Å². The molecule has 0 aliphatic carbocycles. The van der Waals surface area contributed by atoms with E-state index >= 15 is 0 Å². The van der Waals surface area contributed by atoms with Gasteiger partial charge in [0.15, 0.2) is 0 Å². The van der Waals surface area contributed by atoms with Gasteiger partial charge in [-0.15, -0.1) is 11.8 Å². The van der Waals surface area contributed by atoms with Crippen molar-refractivity contribution in [2.75, 3.05) is 10.7 Å². The number of benzene rings is 2. The van der Waals surface area contributed by atoms with Gasteiger partial charge >= 0.3 is 5.97 Å². The lowest BCUT2D eigenvalue weighted by Gasteiger charge is -2.21. The zero-order valence-corrected chi connectivity index (χ0v) is 13.0. The molecule has 4 nitrogen and oxygen atoms in total. The van der Waals surface area contributed by atoms with Crippen LogP contribution in [0.15, 0.2) is 59.5 Å². The molecule has 1 amide bonds. The summed E-state index contributed by atoms with van der Waals surface area (Å²) in [5.41, 5.74) is 1.86. The number of anilines is 1. The van der Waals surface area contributed by atoms with Gasteiger partial charge in [-0.1, -0.05) is 30.3 Å². The fraction of sp³-hybridized carbons (Fsp3) is 0.176. The number of nitrogens with zero attached hydrogens (tertiary/aromatic N) is 1. The second-order valence-electron chi connectivity index (χ2n) is 4.77. The van der Waals surface area contributed by atoms with Gasteiger partial charge in [0.25, 0.3) is 0 Å². The molecule has 2 aromatic rings. The van der Waals surface area contributed by atoms with E-state index in [0.717, 1.165) is 16.1 Å². The number of carbonyl (C=O) groups excluding carboxylic acids is 1. The number of aliphatic carboxylic acids is 1. The van der Waals surface area contributed by atoms with Gasteiger partial charge in [0, 0.05) is 17.5 Å². The molecule has 0 unspecified atom stereocenters. The average Bonchev–Trinajstić information content (AvgIpc) is 2.52. The van der Waals surface area contributed by atoms with Crippen molar-refractivity contribution in [3.05, 3.63) is 60.2 Å². The third-order valence-corrected chi connectivity index (χ3v) is 4.07. The van der Waals surface area contributed by atoms with E-state index in [4.69, 9.17) is 5.11 Å². The molecule has 0 heterocycles. The molecule has 0 aromatic heterocycles. The van der Waals surface area contributed by atoms with Crippen LogP contribution in [-0.4, -0.2) is 22.7 Å². The summed E-state index contributed by atoms with van der Waals surface area (Å²) < 4.78 is 0. The lowest BCUT2D eigenvalue weighted by Crippen LogP contribution is -2.27. The molecule has 0 saturated heterocycles. The summed E-state index contributed by atoms with van der Waals surface area (Å²) in [6.45, 7) is 2.05. The van der Waals surface area contributed by atoms with Crippen molar-refractivity contribution in [3.63, 3.8) is 0 Å². The van der Waals surface area contributed by atoms with E-state index in [0.29, 0.717) is 6.54 Å². The maximum Gasteiger partial charge on any atom is 0.313 e. The third kappa shape index (κ3) is 4.63. The van der Waals surface area contributed by atoms with Crippen molar-refractivity contribution >= 4 is 29.3 Å². The van der Waals surface area contributed by atoms with Crippen LogP contribution in [0.25, 0.3) is 0 Å². The van der Waals surface area contributed by atoms with Crippen molar-refractivity contribution < 1.29 is 14.7 Å². The number of rotatable bonds is 6. The molecule has 0 saturated carbocycles. The summed E-state index contributed by atoms with van der Waals surface area (Å²) in [4.78, 5) is 25.0. The number of carboxylic acid groups (broad SMARTS) is 1. The van der Waals surface area contributed by atoms with Crippen molar-refractivity contribution in [1.82, 2.24) is 0 Å². The number of carbonyl (C=O) groups is 2. The van der Waals surface area contributed by atoms with E-state index in [1.54, 1.807) is 4.90 Å². The maximum atomic E-state index is 11.9. The van der Waals surface area contributed by atoms with Crippen LogP contribution < -0.4 is 4.90 Å². The molecule has 0 aliphatic rings. The van der Waals surface area contributed by atoms with Crippen LogP contribution in [0.3, 0.4) is 0 Å². The van der Waals surface area contributed by atoms with Crippen LogP contribution in [0.1, 0.15) is 12.5 Å². The van der Waals surface area contributed by atoms with Crippen molar-refractivity contribution in [3.8, 4) is 0 Å². The summed E-state index contributed by atoms with van der Waals surface area (Å²) >= 11 is 1.26. The Kier molecular flexibility index (Phi) is 5.61. The van der Waals surface area contributed by atoms with Gasteiger partial charge in [0.2, 0.25) is 5.91 Å². The van der Waals surface area contributed by atoms with Crippen molar-refractivity contribution in [1.29, 1.82) is 0 Å². The Morgan fingerprint density at radius 3 is 2.23 bits per heavy atom. The van der Waals surface area contributed by atoms with Crippen LogP contribution in [0.4, 0.5) is 5.69 Å². The minimum Gasteiger partial charge on any atom is -0.481 e. The van der Waals surface area contributed by atoms with E-state index in [1.807, 2.05) is 54.6 Å². The minimum atomic E-state index is -0.844. The average molecular weight is 315 g/mol. The third-order valence-electron chi connectivity index (χ3n) is 3.07. The van der Waals surface area contributed by atoms with E-state index in [9.17, 15) is 9.59 Å². The number of thioether (sulfide) groups is 1. The second-order valence-corrected chi connectivity index (χ2v) is 5.82. The van der Waals surface area contributed by atoms with Gasteiger partial charge in [-0.25, -0.2) is 0 Å². The molecule has 22 heavy (non-hydrogen) atoms. The lowest BCUT2D eigenvalue weighted by molar-refractivity contribution is -0.133. The van der Waals surface area contributed by atoms with E-state index in [1.165, 1.54) is 18.7 Å². The first-order valence-electron chi connectivity index (χ1n) is 6.83. The molecule has 2 aromatic carbocycles. The summed E-state index contributed by atoms with van der Waals surface area (Å²) in [6, 6.07) is 17.1. The Hall–Kier alpha value is -2.27. The molecule has 0 spiro atoms. The van der Waals surface area contributed by atoms with E-state index in [2.05, 4.69) is 0 Å². The van der Waals surface area contributed by atoms with Gasteiger partial charge in [-0.2, -0.15) is 0 Å². The Morgan fingerprint density at radius 2 is 1.68 bits per heavy atom. The Labute approximate surface area is 133 Å². The van der Waals surface area contributed by atoms with Gasteiger partial charge in [0.1, 0.15) is 0 Å². The monoisotopic (exact) mass is 315 g/mol. The zero-order chi connectivity index (χ0) is 15.9. The zero-order valence-electron chi connectivity index (χ0n) is 12.2. The Bertz CT molecular complexity index is 641. The van der Waals surface area contributed by atoms with E-state index < -0.39 is 5.97 Å². The first kappa shape index (κ1) is 16.1. The predicted octanol–water partition coefficient (Wildman–Crippen LogP) is 3.42. The standard InChI is InChI=1S/C17H17NO3S/c1-13(19)18(11-14-5-3-2-4-6-14)15-7-9-16(10-8-15)22-12-17(20)21/h2-10H,11-12H2,1H3,(H,20,21). The molecular weight excluding hydrogens is 298 g/mol. The van der Waals surface area contributed by atoms with Gasteiger partial charge < -0.3 is 10.0 Å². The van der Waals surface area contributed by atoms with Crippen LogP contribution in [0, 0.1) is 0 Å². The first-order chi connectivity index (χ1) is 10.6. The Morgan fingerprint density at radius 1 is 1.05 bits per heavy atom. The molecule has 0 atom stereocenters. The highest BCUT2D eigenvalue weighted by molar-refractivity contribution is 8.00. The summed E-state index contributed by atoms with van der Waals surface area (Å²) in [7, 11) is 0. The highest BCUT2D eigenvalue weighted by atomic mass is 32.2. The fourth-order valence-electron chi connectivity index (χ4n) is 2.02. The largest absolute Gasteiger partial charge is 0.481 e. The molecule has 0 radical (unpaired) electrons. The first-order valence-corrected chi connectivity index (χ1v) is 7.81. The highest BCUT2D eigenvalue weighted by Crippen LogP contribution is 2.23. The highest BCUT2D eigenvalue weighted by Gasteiger charge is 2.12. The summed E-state index contributed by atoms with van der Waals surface area (Å²) in [6.07, 6.45) is 0. The Balaban J connectivity index is 2.12.